The van der Waals surface area contributed by atoms with Crippen LogP contribution in [0.4, 0.5) is 4.79 Å². The van der Waals surface area contributed by atoms with Crippen molar-refractivity contribution >= 4 is 17.6 Å². The fraction of sp³-hybridized carbons (Fsp3) is 0.857. The van der Waals surface area contributed by atoms with E-state index in [9.17, 15) is 4.79 Å². The summed E-state index contributed by atoms with van der Waals surface area (Å²) in [5.41, 5.74) is 0. The first-order valence-corrected chi connectivity index (χ1v) is 4.53. The number of alkyl halides is 1. The molecule has 0 aromatic heterocycles. The van der Waals surface area contributed by atoms with Gasteiger partial charge in [0.2, 0.25) is 0 Å². The number of carbonyl (C=O) groups is 1. The maximum Gasteiger partial charge on any atom is 0.318 e. The second-order valence-corrected chi connectivity index (χ2v) is 3.97. The Hall–Kier alpha value is -0.480. The molecule has 0 aromatic carbocycles. The normalized spacial score (nSPS) is 41.0. The van der Waals surface area contributed by atoms with Crippen LogP contribution in [0.2, 0.25) is 0 Å². The average Bonchev–Trinajstić information content (AvgIpc) is 2.28. The molecule has 2 rings (SSSR count). The van der Waals surface area contributed by atoms with E-state index in [-0.39, 0.29) is 23.6 Å². The molecule has 2 aliphatic heterocycles. The molecule has 4 nitrogen and oxygen atoms in total. The first kappa shape index (κ1) is 8.13. The molecular weight excluding hydrogens is 178 g/mol. The molecule has 2 saturated heterocycles. The minimum absolute atomic E-state index is 0.0109. The number of amides is 2. The summed E-state index contributed by atoms with van der Waals surface area (Å²) in [5, 5.41) is 6.23. The molecule has 2 aliphatic rings. The lowest BCUT2D eigenvalue weighted by atomic mass is 10.1. The molecule has 5 heteroatoms. The molecular formula is C7H12ClN3O. The number of rotatable bonds is 0. The highest BCUT2D eigenvalue weighted by Gasteiger charge is 2.40. The Bertz CT molecular complexity index is 211. The molecule has 0 saturated carbocycles. The first-order chi connectivity index (χ1) is 5.68. The number of urea groups is 1. The van der Waals surface area contributed by atoms with Crippen LogP contribution in [-0.4, -0.2) is 42.1 Å². The molecule has 68 valence electrons. The van der Waals surface area contributed by atoms with E-state index in [2.05, 4.69) is 10.6 Å². The van der Waals surface area contributed by atoms with Gasteiger partial charge in [0.1, 0.15) is 6.17 Å². The van der Waals surface area contributed by atoms with Crippen LogP contribution >= 0.6 is 11.6 Å². The van der Waals surface area contributed by atoms with Crippen LogP contribution in [0.15, 0.2) is 0 Å². The molecule has 2 fully saturated rings. The number of hydrogen-bond donors (Lipinski definition) is 2. The molecule has 0 aliphatic carbocycles. The van der Waals surface area contributed by atoms with Crippen LogP contribution in [0.25, 0.3) is 0 Å². The van der Waals surface area contributed by atoms with Crippen molar-refractivity contribution in [3.63, 3.8) is 0 Å². The van der Waals surface area contributed by atoms with Gasteiger partial charge >= 0.3 is 6.03 Å². The van der Waals surface area contributed by atoms with Gasteiger partial charge in [0.15, 0.2) is 0 Å². The minimum Gasteiger partial charge on any atom is -0.332 e. The summed E-state index contributed by atoms with van der Waals surface area (Å²) < 4.78 is 0. The van der Waals surface area contributed by atoms with E-state index in [4.69, 9.17) is 11.6 Å². The Balaban J connectivity index is 2.09. The Kier molecular flexibility index (Phi) is 1.88. The lowest BCUT2D eigenvalue weighted by molar-refractivity contribution is 0.200. The second kappa shape index (κ2) is 2.78. The summed E-state index contributed by atoms with van der Waals surface area (Å²) in [6, 6.07) is 0.169. The van der Waals surface area contributed by atoms with Crippen LogP contribution in [0.5, 0.6) is 0 Å². The highest BCUT2D eigenvalue weighted by Crippen LogP contribution is 2.20. The molecule has 2 amide bonds. The summed E-state index contributed by atoms with van der Waals surface area (Å²) >= 11 is 5.95. The Morgan fingerprint density at radius 1 is 1.67 bits per heavy atom. The minimum atomic E-state index is -0.0109. The molecule has 0 aromatic rings. The van der Waals surface area contributed by atoms with Crippen molar-refractivity contribution in [2.75, 3.05) is 13.6 Å². The third-order valence-electron chi connectivity index (χ3n) is 2.49. The number of piperidine rings is 1. The highest BCUT2D eigenvalue weighted by molar-refractivity contribution is 6.20. The highest BCUT2D eigenvalue weighted by atomic mass is 35.5. The maximum absolute atomic E-state index is 11.2. The Morgan fingerprint density at radius 3 is 3.17 bits per heavy atom. The third-order valence-corrected chi connectivity index (χ3v) is 2.82. The van der Waals surface area contributed by atoms with Crippen LogP contribution in [0.3, 0.4) is 0 Å². The number of nitrogens with one attached hydrogen (secondary N) is 2. The molecule has 0 spiro atoms. The first-order valence-electron chi connectivity index (χ1n) is 4.09. The second-order valence-electron chi connectivity index (χ2n) is 3.35. The van der Waals surface area contributed by atoms with E-state index in [1.807, 2.05) is 0 Å². The van der Waals surface area contributed by atoms with Crippen molar-refractivity contribution in [2.45, 2.75) is 24.0 Å². The molecule has 0 bridgehead atoms. The van der Waals surface area contributed by atoms with E-state index in [0.29, 0.717) is 0 Å². The smallest absolute Gasteiger partial charge is 0.318 e. The summed E-state index contributed by atoms with van der Waals surface area (Å²) in [6.45, 7) is 0.780. The largest absolute Gasteiger partial charge is 0.332 e. The van der Waals surface area contributed by atoms with Gasteiger partial charge in [-0.05, 0) is 6.42 Å². The quantitative estimate of drug-likeness (QED) is 0.525. The van der Waals surface area contributed by atoms with E-state index < -0.39 is 0 Å². The number of hydrogen-bond acceptors (Lipinski definition) is 2. The molecule has 12 heavy (non-hydrogen) atoms. The van der Waals surface area contributed by atoms with Gasteiger partial charge in [0.05, 0.1) is 6.04 Å². The zero-order valence-electron chi connectivity index (χ0n) is 6.88. The SMILES string of the molecule is CN1C(=O)NC2CC(Cl)CNC21. The van der Waals surface area contributed by atoms with Crippen molar-refractivity contribution < 1.29 is 4.79 Å². The number of nitrogens with zero attached hydrogens (tertiary/aromatic N) is 1. The summed E-state index contributed by atoms with van der Waals surface area (Å²) in [5.74, 6) is 0. The van der Waals surface area contributed by atoms with Crippen LogP contribution < -0.4 is 10.6 Å². The van der Waals surface area contributed by atoms with Gasteiger partial charge in [-0.1, -0.05) is 0 Å². The van der Waals surface area contributed by atoms with Crippen molar-refractivity contribution in [3.05, 3.63) is 0 Å². The summed E-state index contributed by atoms with van der Waals surface area (Å²) in [6.07, 6.45) is 0.988. The van der Waals surface area contributed by atoms with Crippen molar-refractivity contribution in [1.82, 2.24) is 15.5 Å². The van der Waals surface area contributed by atoms with Gasteiger partial charge in [0, 0.05) is 19.0 Å². The number of halogens is 1. The number of carbonyl (C=O) groups excluding carboxylic acids is 1. The predicted octanol–water partition coefficient (Wildman–Crippen LogP) is -0.0632. The van der Waals surface area contributed by atoms with Crippen LogP contribution in [0.1, 0.15) is 6.42 Å². The monoisotopic (exact) mass is 189 g/mol. The fourth-order valence-electron chi connectivity index (χ4n) is 1.81. The van der Waals surface area contributed by atoms with Crippen molar-refractivity contribution in [1.29, 1.82) is 0 Å². The predicted molar refractivity (Wildman–Crippen MR) is 46.1 cm³/mol. The topological polar surface area (TPSA) is 44.4 Å². The van der Waals surface area contributed by atoms with Gasteiger partial charge in [-0.3, -0.25) is 5.32 Å². The lowest BCUT2D eigenvalue weighted by Crippen LogP contribution is -2.53. The van der Waals surface area contributed by atoms with Gasteiger partial charge in [0.25, 0.3) is 0 Å². The molecule has 3 atom stereocenters. The van der Waals surface area contributed by atoms with Crippen molar-refractivity contribution in [2.24, 2.45) is 0 Å². The molecule has 0 radical (unpaired) electrons. The van der Waals surface area contributed by atoms with E-state index >= 15 is 0 Å². The van der Waals surface area contributed by atoms with E-state index in [1.165, 1.54) is 0 Å². The summed E-state index contributed by atoms with van der Waals surface area (Å²) in [4.78, 5) is 12.9. The summed E-state index contributed by atoms with van der Waals surface area (Å²) in [7, 11) is 1.79. The molecule has 2 N–H and O–H groups in total. The average molecular weight is 190 g/mol. The van der Waals surface area contributed by atoms with Gasteiger partial charge in [-0.2, -0.15) is 0 Å². The van der Waals surface area contributed by atoms with Gasteiger partial charge in [-0.25, -0.2) is 4.79 Å². The fourth-order valence-corrected chi connectivity index (χ4v) is 2.09. The van der Waals surface area contributed by atoms with Gasteiger partial charge < -0.3 is 10.2 Å². The Morgan fingerprint density at radius 2 is 2.42 bits per heavy atom. The third kappa shape index (κ3) is 1.15. The zero-order chi connectivity index (χ0) is 8.72. The maximum atomic E-state index is 11.2. The van der Waals surface area contributed by atoms with Crippen LogP contribution in [0, 0.1) is 0 Å². The standard InChI is InChI=1S/C7H12ClN3O/c1-11-6-5(10-7(11)12)2-4(8)3-9-6/h4-6,9H,2-3H2,1H3,(H,10,12). The number of fused-ring (bicyclic) bond motifs is 1. The van der Waals surface area contributed by atoms with Gasteiger partial charge in [-0.15, -0.1) is 11.6 Å². The van der Waals surface area contributed by atoms with Crippen molar-refractivity contribution in [3.8, 4) is 0 Å². The lowest BCUT2D eigenvalue weighted by Gasteiger charge is -2.31. The van der Waals surface area contributed by atoms with E-state index in [1.54, 1.807) is 11.9 Å². The van der Waals surface area contributed by atoms with Crippen LogP contribution in [-0.2, 0) is 0 Å². The zero-order valence-corrected chi connectivity index (χ0v) is 7.64. The number of likely N-dealkylation sites (N-methyl/N-ethyl adjacent to an activating group) is 1. The molecule has 3 unspecified atom stereocenters. The Labute approximate surface area is 76.2 Å². The molecule has 2 heterocycles. The van der Waals surface area contributed by atoms with E-state index in [0.717, 1.165) is 13.0 Å².